The molecule has 1 fully saturated rings. The number of hydrogen-bond acceptors (Lipinski definition) is 4. The second-order valence-electron chi connectivity index (χ2n) is 4.90. The van der Waals surface area contributed by atoms with Gasteiger partial charge in [-0.05, 0) is 59.3 Å². The summed E-state index contributed by atoms with van der Waals surface area (Å²) in [5.74, 6) is 0.235. The Bertz CT molecular complexity index is 585. The molecule has 0 saturated heterocycles. The van der Waals surface area contributed by atoms with E-state index in [1.807, 2.05) is 0 Å². The number of rotatable bonds is 5. The highest BCUT2D eigenvalue weighted by Crippen LogP contribution is 2.32. The summed E-state index contributed by atoms with van der Waals surface area (Å²) in [7, 11) is -3.64. The minimum atomic E-state index is -3.64. The molecule has 5 nitrogen and oxygen atoms in total. The molecule has 1 aliphatic rings. The van der Waals surface area contributed by atoms with E-state index in [1.165, 1.54) is 6.07 Å². The van der Waals surface area contributed by atoms with Gasteiger partial charge in [-0.15, -0.1) is 0 Å². The highest BCUT2D eigenvalue weighted by atomic mass is 79.9. The fraction of sp³-hybridized carbons (Fsp3) is 0.500. The van der Waals surface area contributed by atoms with E-state index in [0.29, 0.717) is 15.7 Å². The SMILES string of the molecule is Cc1cc(Br)c(N)cc1S(=O)(=O)NCC(O)C1CC1. The van der Waals surface area contributed by atoms with Crippen LogP contribution >= 0.6 is 15.9 Å². The van der Waals surface area contributed by atoms with E-state index in [1.54, 1.807) is 13.0 Å². The summed E-state index contributed by atoms with van der Waals surface area (Å²) in [4.78, 5) is 0.149. The van der Waals surface area contributed by atoms with Gasteiger partial charge >= 0.3 is 0 Å². The molecule has 1 unspecified atom stereocenters. The third kappa shape index (κ3) is 3.47. The minimum absolute atomic E-state index is 0.0441. The van der Waals surface area contributed by atoms with Gasteiger partial charge in [0.05, 0.1) is 11.0 Å². The molecule has 1 saturated carbocycles. The number of aryl methyl sites for hydroxylation is 1. The summed E-state index contributed by atoms with van der Waals surface area (Å²) in [6.07, 6.45) is 1.32. The number of nitrogen functional groups attached to an aromatic ring is 1. The van der Waals surface area contributed by atoms with Crippen LogP contribution in [0.1, 0.15) is 18.4 Å². The zero-order chi connectivity index (χ0) is 14.2. The number of aliphatic hydroxyl groups excluding tert-OH is 1. The van der Waals surface area contributed by atoms with Gasteiger partial charge in [0, 0.05) is 16.7 Å². The maximum atomic E-state index is 12.2. The van der Waals surface area contributed by atoms with Gasteiger partial charge in [0.25, 0.3) is 0 Å². The van der Waals surface area contributed by atoms with Crippen LogP contribution in [0.5, 0.6) is 0 Å². The van der Waals surface area contributed by atoms with Crippen LogP contribution in [-0.2, 0) is 10.0 Å². The van der Waals surface area contributed by atoms with Crippen molar-refractivity contribution in [2.45, 2.75) is 30.8 Å². The van der Waals surface area contributed by atoms with Gasteiger partial charge in [-0.3, -0.25) is 0 Å². The highest BCUT2D eigenvalue weighted by molar-refractivity contribution is 9.10. The van der Waals surface area contributed by atoms with Crippen LogP contribution in [-0.4, -0.2) is 26.2 Å². The van der Waals surface area contributed by atoms with Crippen LogP contribution in [0.25, 0.3) is 0 Å². The van der Waals surface area contributed by atoms with E-state index in [9.17, 15) is 13.5 Å². The largest absolute Gasteiger partial charge is 0.398 e. The quantitative estimate of drug-likeness (QED) is 0.701. The van der Waals surface area contributed by atoms with Crippen molar-refractivity contribution < 1.29 is 13.5 Å². The van der Waals surface area contributed by atoms with E-state index >= 15 is 0 Å². The summed E-state index contributed by atoms with van der Waals surface area (Å²) >= 11 is 3.26. The summed E-state index contributed by atoms with van der Waals surface area (Å²) in [5.41, 5.74) is 6.69. The second kappa shape index (κ2) is 5.40. The lowest BCUT2D eigenvalue weighted by Crippen LogP contribution is -2.33. The van der Waals surface area contributed by atoms with Crippen molar-refractivity contribution in [2.75, 3.05) is 12.3 Å². The van der Waals surface area contributed by atoms with E-state index in [2.05, 4.69) is 20.7 Å². The van der Waals surface area contributed by atoms with Crippen LogP contribution in [0.2, 0.25) is 0 Å². The molecule has 0 heterocycles. The molecule has 0 aliphatic heterocycles. The molecule has 0 aromatic heterocycles. The summed E-state index contributed by atoms with van der Waals surface area (Å²) in [5, 5.41) is 9.71. The Labute approximate surface area is 121 Å². The first-order valence-electron chi connectivity index (χ1n) is 6.04. The first-order valence-corrected chi connectivity index (χ1v) is 8.32. The lowest BCUT2D eigenvalue weighted by atomic mass is 10.2. The lowest BCUT2D eigenvalue weighted by Gasteiger charge is -2.13. The molecule has 0 bridgehead atoms. The zero-order valence-electron chi connectivity index (χ0n) is 10.6. The number of nitrogens with one attached hydrogen (secondary N) is 1. The minimum Gasteiger partial charge on any atom is -0.398 e. The highest BCUT2D eigenvalue weighted by Gasteiger charge is 2.30. The van der Waals surface area contributed by atoms with Crippen molar-refractivity contribution in [1.29, 1.82) is 0 Å². The van der Waals surface area contributed by atoms with Crippen LogP contribution in [0.3, 0.4) is 0 Å². The van der Waals surface area contributed by atoms with Crippen LogP contribution in [0.15, 0.2) is 21.5 Å². The van der Waals surface area contributed by atoms with E-state index in [4.69, 9.17) is 5.73 Å². The molecular weight excluding hydrogens is 332 g/mol. The standard InChI is InChI=1S/C12H17BrN2O3S/c1-7-4-9(13)10(14)5-12(7)19(17,18)15-6-11(16)8-2-3-8/h4-5,8,11,15-16H,2-3,6,14H2,1H3. The molecule has 0 radical (unpaired) electrons. The molecular formula is C12H17BrN2O3S. The Kier molecular flexibility index (Phi) is 4.20. The van der Waals surface area contributed by atoms with Crippen molar-refractivity contribution in [1.82, 2.24) is 4.72 Å². The van der Waals surface area contributed by atoms with Gasteiger partial charge < -0.3 is 10.8 Å². The molecule has 1 aromatic rings. The molecule has 4 N–H and O–H groups in total. The molecule has 1 aliphatic carbocycles. The topological polar surface area (TPSA) is 92.4 Å². The summed E-state index contributed by atoms with van der Waals surface area (Å²) < 4.78 is 27.4. The van der Waals surface area contributed by atoms with Gasteiger partial charge in [-0.2, -0.15) is 0 Å². The zero-order valence-corrected chi connectivity index (χ0v) is 13.0. The van der Waals surface area contributed by atoms with Crippen LogP contribution in [0, 0.1) is 12.8 Å². The third-order valence-electron chi connectivity index (χ3n) is 3.23. The average Bonchev–Trinajstić information content (AvgIpc) is 3.14. The number of benzene rings is 1. The normalized spacial score (nSPS) is 17.4. The van der Waals surface area contributed by atoms with Gasteiger partial charge in [-0.1, -0.05) is 0 Å². The lowest BCUT2D eigenvalue weighted by molar-refractivity contribution is 0.155. The number of hydrogen-bond donors (Lipinski definition) is 3. The number of aliphatic hydroxyl groups is 1. The Balaban J connectivity index is 2.16. The second-order valence-corrected chi connectivity index (χ2v) is 7.49. The molecule has 19 heavy (non-hydrogen) atoms. The molecule has 0 amide bonds. The average molecular weight is 349 g/mol. The first kappa shape index (κ1) is 14.8. The number of anilines is 1. The maximum Gasteiger partial charge on any atom is 0.240 e. The third-order valence-corrected chi connectivity index (χ3v) is 5.48. The molecule has 106 valence electrons. The van der Waals surface area contributed by atoms with Gasteiger partial charge in [0.15, 0.2) is 0 Å². The van der Waals surface area contributed by atoms with Crippen molar-refractivity contribution in [3.8, 4) is 0 Å². The fourth-order valence-corrected chi connectivity index (χ4v) is 3.65. The number of nitrogens with two attached hydrogens (primary N) is 1. The summed E-state index contributed by atoms with van der Waals surface area (Å²) in [6.45, 7) is 1.75. The number of sulfonamides is 1. The predicted molar refractivity (Wildman–Crippen MR) is 77.2 cm³/mol. The van der Waals surface area contributed by atoms with Gasteiger partial charge in [0.1, 0.15) is 0 Å². The monoisotopic (exact) mass is 348 g/mol. The van der Waals surface area contributed by atoms with Gasteiger partial charge in [0.2, 0.25) is 10.0 Å². The number of halogens is 1. The Morgan fingerprint density at radius 1 is 1.53 bits per heavy atom. The van der Waals surface area contributed by atoms with Crippen LogP contribution in [0.4, 0.5) is 5.69 Å². The Morgan fingerprint density at radius 2 is 2.16 bits per heavy atom. The Hall–Kier alpha value is -0.630. The predicted octanol–water partition coefficient (Wildman–Crippen LogP) is 1.39. The van der Waals surface area contributed by atoms with Crippen molar-refractivity contribution in [3.63, 3.8) is 0 Å². The van der Waals surface area contributed by atoms with Crippen molar-refractivity contribution in [3.05, 3.63) is 22.2 Å². The van der Waals surface area contributed by atoms with E-state index in [0.717, 1.165) is 12.8 Å². The first-order chi connectivity index (χ1) is 8.81. The van der Waals surface area contributed by atoms with Crippen molar-refractivity contribution >= 4 is 31.6 Å². The maximum absolute atomic E-state index is 12.2. The molecule has 0 spiro atoms. The molecule has 1 aromatic carbocycles. The Morgan fingerprint density at radius 3 is 2.74 bits per heavy atom. The van der Waals surface area contributed by atoms with Gasteiger partial charge in [-0.25, -0.2) is 13.1 Å². The smallest absolute Gasteiger partial charge is 0.240 e. The van der Waals surface area contributed by atoms with Crippen molar-refractivity contribution in [2.24, 2.45) is 5.92 Å². The van der Waals surface area contributed by atoms with E-state index in [-0.39, 0.29) is 17.4 Å². The molecule has 7 heteroatoms. The molecule has 2 rings (SSSR count). The summed E-state index contributed by atoms with van der Waals surface area (Å²) in [6, 6.07) is 3.09. The van der Waals surface area contributed by atoms with Crippen LogP contribution < -0.4 is 10.5 Å². The fourth-order valence-electron chi connectivity index (χ4n) is 1.88. The van der Waals surface area contributed by atoms with E-state index < -0.39 is 16.1 Å². The molecule has 1 atom stereocenters.